The van der Waals surface area contributed by atoms with Gasteiger partial charge in [0.25, 0.3) is 0 Å². The molecule has 0 bridgehead atoms. The fourth-order valence-corrected chi connectivity index (χ4v) is 1.98. The minimum Gasteiger partial charge on any atom is -0.481 e. The molecule has 0 radical (unpaired) electrons. The van der Waals surface area contributed by atoms with E-state index in [2.05, 4.69) is 0 Å². The van der Waals surface area contributed by atoms with Gasteiger partial charge in [0, 0.05) is 13.0 Å². The fraction of sp³-hybridized carbons (Fsp3) is 0.909. The minimum absolute atomic E-state index is 0.148. The molecule has 0 saturated carbocycles. The summed E-state index contributed by atoms with van der Waals surface area (Å²) in [7, 11) is 0. The number of rotatable bonds is 4. The maximum absolute atomic E-state index is 12.7. The first-order chi connectivity index (χ1) is 7.38. The Kier molecular flexibility index (Phi) is 4.65. The summed E-state index contributed by atoms with van der Waals surface area (Å²) in [6.45, 7) is 2.63. The van der Waals surface area contributed by atoms with Gasteiger partial charge in [-0.15, -0.1) is 0 Å². The number of nitrogens with zero attached hydrogens (tertiary/aromatic N) is 1. The molecule has 1 atom stereocenters. The molecule has 0 spiro atoms. The predicted molar refractivity (Wildman–Crippen MR) is 56.7 cm³/mol. The smallest absolute Gasteiger partial charge is 0.306 e. The highest BCUT2D eigenvalue weighted by molar-refractivity contribution is 5.69. The lowest BCUT2D eigenvalue weighted by atomic mass is 10.0. The Morgan fingerprint density at radius 2 is 2.12 bits per heavy atom. The van der Waals surface area contributed by atoms with Crippen molar-refractivity contribution in [1.82, 2.24) is 4.90 Å². The first-order valence-corrected chi connectivity index (χ1v) is 5.71. The number of aliphatic carboxylic acids is 1. The molecule has 1 unspecified atom stereocenters. The van der Waals surface area contributed by atoms with Gasteiger partial charge in [-0.2, -0.15) is 0 Å². The van der Waals surface area contributed by atoms with Gasteiger partial charge >= 0.3 is 5.97 Å². The van der Waals surface area contributed by atoms with Gasteiger partial charge in [-0.1, -0.05) is 0 Å². The number of alkyl halides is 2. The van der Waals surface area contributed by atoms with E-state index in [0.29, 0.717) is 25.9 Å². The first kappa shape index (κ1) is 13.4. The van der Waals surface area contributed by atoms with Crippen LogP contribution in [0.2, 0.25) is 0 Å². The van der Waals surface area contributed by atoms with Crippen molar-refractivity contribution in [2.45, 2.75) is 38.5 Å². The second kappa shape index (κ2) is 5.57. The second-order valence-electron chi connectivity index (χ2n) is 4.63. The number of hydrogen-bond donors (Lipinski definition) is 1. The Bertz CT molecular complexity index is 241. The molecule has 94 valence electrons. The Hall–Kier alpha value is -0.710. The van der Waals surface area contributed by atoms with E-state index in [9.17, 15) is 13.6 Å². The molecule has 16 heavy (non-hydrogen) atoms. The summed E-state index contributed by atoms with van der Waals surface area (Å²) in [4.78, 5) is 12.7. The van der Waals surface area contributed by atoms with Crippen molar-refractivity contribution >= 4 is 5.97 Å². The predicted octanol–water partition coefficient (Wildman–Crippen LogP) is 2.22. The quantitative estimate of drug-likeness (QED) is 0.812. The topological polar surface area (TPSA) is 40.5 Å². The summed E-state index contributed by atoms with van der Waals surface area (Å²) in [5.74, 6) is -3.69. The van der Waals surface area contributed by atoms with Crippen molar-refractivity contribution in [2.75, 3.05) is 19.6 Å². The van der Waals surface area contributed by atoms with Gasteiger partial charge in [0.2, 0.25) is 5.92 Å². The molecule has 1 saturated heterocycles. The van der Waals surface area contributed by atoms with Gasteiger partial charge in [0.1, 0.15) is 0 Å². The summed E-state index contributed by atoms with van der Waals surface area (Å²) in [5.41, 5.74) is 0. The van der Waals surface area contributed by atoms with Crippen LogP contribution in [0.4, 0.5) is 8.78 Å². The van der Waals surface area contributed by atoms with Gasteiger partial charge in [0.05, 0.1) is 5.92 Å². The van der Waals surface area contributed by atoms with Gasteiger partial charge in [-0.3, -0.25) is 4.79 Å². The summed E-state index contributed by atoms with van der Waals surface area (Å²) in [6, 6.07) is 0. The van der Waals surface area contributed by atoms with E-state index >= 15 is 0 Å². The SMILES string of the molecule is CC(F)(F)CCN1CCCC(C(=O)O)CC1. The van der Waals surface area contributed by atoms with E-state index in [1.807, 2.05) is 4.90 Å². The third-order valence-electron chi connectivity index (χ3n) is 3.04. The van der Waals surface area contributed by atoms with Gasteiger partial charge < -0.3 is 10.0 Å². The van der Waals surface area contributed by atoms with Crippen molar-refractivity contribution in [3.05, 3.63) is 0 Å². The van der Waals surface area contributed by atoms with Crippen LogP contribution in [0.1, 0.15) is 32.6 Å². The molecule has 1 N–H and O–H groups in total. The lowest BCUT2D eigenvalue weighted by molar-refractivity contribution is -0.142. The maximum Gasteiger partial charge on any atom is 0.306 e. The Morgan fingerprint density at radius 1 is 1.44 bits per heavy atom. The molecule has 0 amide bonds. The average Bonchev–Trinajstić information content (AvgIpc) is 2.38. The van der Waals surface area contributed by atoms with Crippen LogP contribution in [0.15, 0.2) is 0 Å². The van der Waals surface area contributed by atoms with E-state index in [1.54, 1.807) is 0 Å². The number of halogens is 2. The van der Waals surface area contributed by atoms with Crippen LogP contribution in [0.3, 0.4) is 0 Å². The minimum atomic E-state index is -2.63. The van der Waals surface area contributed by atoms with Crippen LogP contribution < -0.4 is 0 Å². The number of carboxylic acid groups (broad SMARTS) is 1. The molecule has 0 aromatic heterocycles. The zero-order valence-corrected chi connectivity index (χ0v) is 9.59. The molecular weight excluding hydrogens is 216 g/mol. The molecule has 5 heteroatoms. The van der Waals surface area contributed by atoms with E-state index in [1.165, 1.54) is 0 Å². The zero-order chi connectivity index (χ0) is 12.2. The molecule has 1 fully saturated rings. The van der Waals surface area contributed by atoms with E-state index in [0.717, 1.165) is 19.9 Å². The Labute approximate surface area is 94.4 Å². The standard InChI is InChI=1S/C11H19F2NO2/c1-11(12,13)5-8-14-6-2-3-9(4-7-14)10(15)16/h9H,2-8H2,1H3,(H,15,16). The van der Waals surface area contributed by atoms with E-state index in [-0.39, 0.29) is 12.3 Å². The van der Waals surface area contributed by atoms with Gasteiger partial charge in [-0.05, 0) is 39.3 Å². The highest BCUT2D eigenvalue weighted by Gasteiger charge is 2.25. The van der Waals surface area contributed by atoms with E-state index in [4.69, 9.17) is 5.11 Å². The molecule has 1 aliphatic rings. The molecule has 3 nitrogen and oxygen atoms in total. The maximum atomic E-state index is 12.7. The van der Waals surface area contributed by atoms with Crippen LogP contribution in [-0.4, -0.2) is 41.5 Å². The van der Waals surface area contributed by atoms with Crippen molar-refractivity contribution in [3.8, 4) is 0 Å². The normalized spacial score (nSPS) is 24.1. The Morgan fingerprint density at radius 3 is 2.69 bits per heavy atom. The number of carbonyl (C=O) groups is 1. The zero-order valence-electron chi connectivity index (χ0n) is 9.59. The molecule has 0 aromatic rings. The lowest BCUT2D eigenvalue weighted by Gasteiger charge is -2.21. The fourth-order valence-electron chi connectivity index (χ4n) is 1.98. The van der Waals surface area contributed by atoms with Crippen molar-refractivity contribution in [2.24, 2.45) is 5.92 Å². The van der Waals surface area contributed by atoms with Crippen LogP contribution in [-0.2, 0) is 4.79 Å². The van der Waals surface area contributed by atoms with Crippen LogP contribution in [0.25, 0.3) is 0 Å². The van der Waals surface area contributed by atoms with Crippen molar-refractivity contribution in [3.63, 3.8) is 0 Å². The molecule has 1 rings (SSSR count). The third-order valence-corrected chi connectivity index (χ3v) is 3.04. The number of carboxylic acids is 1. The Balaban J connectivity index is 2.33. The highest BCUT2D eigenvalue weighted by atomic mass is 19.3. The van der Waals surface area contributed by atoms with Crippen molar-refractivity contribution < 1.29 is 18.7 Å². The van der Waals surface area contributed by atoms with Crippen LogP contribution >= 0.6 is 0 Å². The van der Waals surface area contributed by atoms with Gasteiger partial charge in [0.15, 0.2) is 0 Å². The molecule has 0 aromatic carbocycles. The summed E-state index contributed by atoms with van der Waals surface area (Å²) in [6.07, 6.45) is 1.87. The van der Waals surface area contributed by atoms with E-state index < -0.39 is 11.9 Å². The number of hydrogen-bond acceptors (Lipinski definition) is 2. The summed E-state index contributed by atoms with van der Waals surface area (Å²) >= 11 is 0. The monoisotopic (exact) mass is 235 g/mol. The molecular formula is C11H19F2NO2. The molecule has 0 aliphatic carbocycles. The van der Waals surface area contributed by atoms with Crippen LogP contribution in [0.5, 0.6) is 0 Å². The van der Waals surface area contributed by atoms with Gasteiger partial charge in [-0.25, -0.2) is 8.78 Å². The number of likely N-dealkylation sites (tertiary alicyclic amines) is 1. The first-order valence-electron chi connectivity index (χ1n) is 5.71. The largest absolute Gasteiger partial charge is 0.481 e. The molecule has 1 aliphatic heterocycles. The highest BCUT2D eigenvalue weighted by Crippen LogP contribution is 2.21. The van der Waals surface area contributed by atoms with Crippen LogP contribution in [0, 0.1) is 5.92 Å². The average molecular weight is 235 g/mol. The summed E-state index contributed by atoms with van der Waals surface area (Å²) < 4.78 is 25.3. The third kappa shape index (κ3) is 4.88. The lowest BCUT2D eigenvalue weighted by Crippen LogP contribution is -2.30. The molecule has 1 heterocycles. The van der Waals surface area contributed by atoms with Crippen molar-refractivity contribution in [1.29, 1.82) is 0 Å². The second-order valence-corrected chi connectivity index (χ2v) is 4.63. The summed E-state index contributed by atoms with van der Waals surface area (Å²) in [5, 5.41) is 8.87.